The van der Waals surface area contributed by atoms with Gasteiger partial charge in [0.05, 0.1) is 16.8 Å². The van der Waals surface area contributed by atoms with Gasteiger partial charge in [0, 0.05) is 5.54 Å². The largest absolute Gasteiger partial charge is 0.490 e. The highest BCUT2D eigenvalue weighted by atomic mass is 32.2. The molecule has 1 aromatic carbocycles. The average Bonchev–Trinajstić information content (AvgIpc) is 2.55. The molecule has 1 aliphatic rings. The summed E-state index contributed by atoms with van der Waals surface area (Å²) in [5.74, 6) is 0.167. The van der Waals surface area contributed by atoms with Gasteiger partial charge in [0.2, 0.25) is 0 Å². The summed E-state index contributed by atoms with van der Waals surface area (Å²) in [5.41, 5.74) is 5.06. The van der Waals surface area contributed by atoms with Crippen LogP contribution in [0.5, 0.6) is 5.75 Å². The highest BCUT2D eigenvalue weighted by molar-refractivity contribution is 7.91. The van der Waals surface area contributed by atoms with Gasteiger partial charge in [-0.3, -0.25) is 9.62 Å². The first kappa shape index (κ1) is 21.8. The summed E-state index contributed by atoms with van der Waals surface area (Å²) in [5, 5.41) is 9.85. The van der Waals surface area contributed by atoms with E-state index in [0.29, 0.717) is 24.2 Å². The van der Waals surface area contributed by atoms with Gasteiger partial charge in [0.1, 0.15) is 12.4 Å². The zero-order valence-electron chi connectivity index (χ0n) is 16.8. The Kier molecular flexibility index (Phi) is 5.84. The number of rotatable bonds is 6. The molecular weight excluding hydrogens is 384 g/mol. The van der Waals surface area contributed by atoms with Crippen molar-refractivity contribution in [2.45, 2.75) is 58.5 Å². The first-order chi connectivity index (χ1) is 12.9. The molecule has 0 saturated heterocycles. The van der Waals surface area contributed by atoms with E-state index in [-0.39, 0.29) is 18.1 Å². The Bertz CT molecular complexity index is 886. The third kappa shape index (κ3) is 4.16. The topological polar surface area (TPSA) is 134 Å². The molecule has 0 radical (unpaired) electrons. The highest BCUT2D eigenvalue weighted by Gasteiger charge is 2.44. The normalized spacial score (nSPS) is 15.8. The maximum atomic E-state index is 12.0. The fraction of sp³-hybridized carbons (Fsp3) is 0.556. The molecule has 10 heteroatoms. The molecule has 0 atom stereocenters. The Balaban J connectivity index is 2.43. The van der Waals surface area contributed by atoms with Crippen molar-refractivity contribution in [3.8, 4) is 5.75 Å². The number of ether oxygens (including phenoxy) is 1. The molecule has 28 heavy (non-hydrogen) atoms. The lowest BCUT2D eigenvalue weighted by atomic mass is 9.87. The van der Waals surface area contributed by atoms with Crippen LogP contribution in [0.25, 0.3) is 0 Å². The van der Waals surface area contributed by atoms with Crippen molar-refractivity contribution in [2.24, 2.45) is 10.1 Å². The molecule has 0 fully saturated rings. The number of nitrogens with zero attached hydrogens (tertiary/aromatic N) is 2. The fourth-order valence-corrected chi connectivity index (χ4v) is 4.43. The summed E-state index contributed by atoms with van der Waals surface area (Å²) in [7, 11) is -3.89. The van der Waals surface area contributed by atoms with Crippen LogP contribution in [0, 0.1) is 0 Å². The predicted octanol–water partition coefficient (Wildman–Crippen LogP) is 2.78. The zero-order valence-corrected chi connectivity index (χ0v) is 17.6. The molecule has 0 aliphatic carbocycles. The van der Waals surface area contributed by atoms with Gasteiger partial charge >= 0.3 is 16.3 Å². The number of hydrogen-bond donors (Lipinski definition) is 3. The van der Waals surface area contributed by atoms with E-state index in [1.165, 1.54) is 4.90 Å². The van der Waals surface area contributed by atoms with Gasteiger partial charge in [-0.15, -0.1) is 4.40 Å². The maximum absolute atomic E-state index is 12.0. The van der Waals surface area contributed by atoms with Crippen LogP contribution in [0.3, 0.4) is 0 Å². The molecule has 1 heterocycles. The van der Waals surface area contributed by atoms with Gasteiger partial charge in [-0.05, 0) is 45.7 Å². The van der Waals surface area contributed by atoms with Crippen LogP contribution in [0.2, 0.25) is 0 Å². The van der Waals surface area contributed by atoms with Crippen LogP contribution < -0.4 is 15.2 Å². The van der Waals surface area contributed by atoms with E-state index in [4.69, 9.17) is 10.5 Å². The van der Waals surface area contributed by atoms with E-state index in [2.05, 4.69) is 9.12 Å². The fourth-order valence-electron chi connectivity index (χ4n) is 3.59. The van der Waals surface area contributed by atoms with Crippen molar-refractivity contribution < 1.29 is 23.1 Å². The lowest BCUT2D eigenvalue weighted by Crippen LogP contribution is -2.61. The number of amidine groups is 1. The molecule has 156 valence electrons. The van der Waals surface area contributed by atoms with Crippen molar-refractivity contribution >= 4 is 27.8 Å². The van der Waals surface area contributed by atoms with E-state index >= 15 is 0 Å². The minimum absolute atomic E-state index is 0.0834. The molecular formula is C18H28N4O5S. The predicted molar refractivity (Wildman–Crippen MR) is 108 cm³/mol. The van der Waals surface area contributed by atoms with Crippen LogP contribution in [-0.4, -0.2) is 48.0 Å². The lowest BCUT2D eigenvalue weighted by Gasteiger charge is -2.48. The number of hydrogen-bond acceptors (Lipinski definition) is 5. The van der Waals surface area contributed by atoms with Crippen LogP contribution >= 0.6 is 0 Å². The summed E-state index contributed by atoms with van der Waals surface area (Å²) in [6.45, 7) is 9.43. The molecule has 4 N–H and O–H groups in total. The summed E-state index contributed by atoms with van der Waals surface area (Å²) in [6, 6.07) is 4.85. The number of benzene rings is 1. The number of fused-ring (bicyclic) bond motifs is 1. The minimum Gasteiger partial charge on any atom is -0.490 e. The molecule has 0 aromatic heterocycles. The quantitative estimate of drug-likeness (QED) is 0.658. The Morgan fingerprint density at radius 2 is 1.89 bits per heavy atom. The molecule has 0 unspecified atom stereocenters. The molecule has 1 amide bonds. The number of nitrogens with one attached hydrogen (secondary N) is 1. The zero-order chi connectivity index (χ0) is 21.3. The molecule has 0 spiro atoms. The SMILES string of the molecule is CCC(CC)(COc1cccc2c1C(N)=NS(=O)(=O)N2)N(C(=O)O)C(C)(C)C. The third-order valence-electron chi connectivity index (χ3n) is 4.89. The van der Waals surface area contributed by atoms with Crippen LogP contribution in [0.4, 0.5) is 10.5 Å². The molecule has 1 aromatic rings. The first-order valence-electron chi connectivity index (χ1n) is 9.04. The van der Waals surface area contributed by atoms with Crippen LogP contribution in [-0.2, 0) is 10.2 Å². The van der Waals surface area contributed by atoms with Crippen molar-refractivity contribution in [1.29, 1.82) is 0 Å². The Morgan fingerprint density at radius 1 is 1.29 bits per heavy atom. The Hall–Kier alpha value is -2.49. The molecule has 1 aliphatic heterocycles. The number of carbonyl (C=O) groups is 1. The van der Waals surface area contributed by atoms with Gasteiger partial charge in [0.25, 0.3) is 0 Å². The highest BCUT2D eigenvalue weighted by Crippen LogP contribution is 2.35. The van der Waals surface area contributed by atoms with Crippen molar-refractivity contribution in [1.82, 2.24) is 4.90 Å². The second-order valence-corrected chi connectivity index (χ2v) is 9.08. The Labute approximate surface area is 165 Å². The summed E-state index contributed by atoms with van der Waals surface area (Å²) >= 11 is 0. The van der Waals surface area contributed by atoms with E-state index in [9.17, 15) is 18.3 Å². The standard InChI is InChI=1S/C18H28N4O5S/c1-6-18(7-2,22(16(23)24)17(3,4)5)11-27-13-10-8-9-12-14(13)15(19)21-28(25,26)20-12/h8-10,20H,6-7,11H2,1-5H3,(H2,19,21)(H,23,24). The van der Waals surface area contributed by atoms with Crippen LogP contribution in [0.1, 0.15) is 53.0 Å². The number of carboxylic acid groups (broad SMARTS) is 1. The van der Waals surface area contributed by atoms with E-state index in [1.54, 1.807) is 18.2 Å². The van der Waals surface area contributed by atoms with Gasteiger partial charge in [-0.1, -0.05) is 19.9 Å². The number of nitrogens with two attached hydrogens (primary N) is 1. The van der Waals surface area contributed by atoms with Gasteiger partial charge in [0.15, 0.2) is 5.84 Å². The van der Waals surface area contributed by atoms with E-state index < -0.39 is 27.4 Å². The first-order valence-corrected chi connectivity index (χ1v) is 10.5. The molecule has 0 saturated carbocycles. The molecule has 2 rings (SSSR count). The van der Waals surface area contributed by atoms with Crippen molar-refractivity contribution in [2.75, 3.05) is 11.3 Å². The number of amides is 1. The molecule has 9 nitrogen and oxygen atoms in total. The second kappa shape index (κ2) is 7.50. The van der Waals surface area contributed by atoms with Crippen molar-refractivity contribution in [3.63, 3.8) is 0 Å². The van der Waals surface area contributed by atoms with E-state index in [0.717, 1.165) is 0 Å². The van der Waals surface area contributed by atoms with Gasteiger partial charge in [-0.2, -0.15) is 8.42 Å². The maximum Gasteiger partial charge on any atom is 0.408 e. The third-order valence-corrected chi connectivity index (χ3v) is 5.80. The summed E-state index contributed by atoms with van der Waals surface area (Å²) in [4.78, 5) is 13.5. The van der Waals surface area contributed by atoms with Crippen LogP contribution in [0.15, 0.2) is 22.6 Å². The molecule has 0 bridgehead atoms. The van der Waals surface area contributed by atoms with Gasteiger partial charge < -0.3 is 15.6 Å². The second-order valence-electron chi connectivity index (χ2n) is 7.74. The lowest BCUT2D eigenvalue weighted by molar-refractivity contribution is -0.0149. The number of anilines is 1. The monoisotopic (exact) mass is 412 g/mol. The summed E-state index contributed by atoms with van der Waals surface area (Å²) in [6.07, 6.45) is 0.0556. The minimum atomic E-state index is -3.89. The summed E-state index contributed by atoms with van der Waals surface area (Å²) < 4.78 is 35.3. The van der Waals surface area contributed by atoms with Gasteiger partial charge in [-0.25, -0.2) is 4.79 Å². The Morgan fingerprint density at radius 3 is 2.39 bits per heavy atom. The average molecular weight is 413 g/mol. The van der Waals surface area contributed by atoms with Crippen molar-refractivity contribution in [3.05, 3.63) is 23.8 Å². The van der Waals surface area contributed by atoms with E-state index in [1.807, 2.05) is 34.6 Å². The smallest absolute Gasteiger partial charge is 0.408 e.